The lowest BCUT2D eigenvalue weighted by molar-refractivity contribution is -0.145. The van der Waals surface area contributed by atoms with Crippen molar-refractivity contribution in [1.82, 2.24) is 10.2 Å². The molecule has 2 saturated heterocycles. The van der Waals surface area contributed by atoms with Crippen molar-refractivity contribution < 1.29 is 4.79 Å². The van der Waals surface area contributed by atoms with E-state index in [2.05, 4.69) is 10.2 Å². The van der Waals surface area contributed by atoms with Crippen molar-refractivity contribution in [3.05, 3.63) is 0 Å². The molecule has 3 fully saturated rings. The van der Waals surface area contributed by atoms with E-state index in [9.17, 15) is 4.79 Å². The van der Waals surface area contributed by atoms with Crippen molar-refractivity contribution >= 4 is 18.3 Å². The molecule has 0 aromatic rings. The second-order valence-corrected chi connectivity index (χ2v) is 6.79. The van der Waals surface area contributed by atoms with Crippen LogP contribution in [0.5, 0.6) is 0 Å². The fourth-order valence-corrected chi connectivity index (χ4v) is 4.43. The predicted molar refractivity (Wildman–Crippen MR) is 84.2 cm³/mol. The molecule has 0 aromatic carbocycles. The number of fused-ring (bicyclic) bond motifs is 1. The third-order valence-corrected chi connectivity index (χ3v) is 5.61. The summed E-state index contributed by atoms with van der Waals surface area (Å²) in [5.74, 6) is 1.10. The summed E-state index contributed by atoms with van der Waals surface area (Å²) in [5.41, 5.74) is -0.0303. The average molecular weight is 301 g/mol. The Balaban J connectivity index is 0.00000147. The van der Waals surface area contributed by atoms with Crippen LogP contribution in [0.2, 0.25) is 0 Å². The van der Waals surface area contributed by atoms with E-state index in [1.165, 1.54) is 51.4 Å². The largest absolute Gasteiger partial charge is 0.342 e. The number of carbonyl (C=O) groups is 1. The van der Waals surface area contributed by atoms with E-state index in [0.717, 1.165) is 32.6 Å². The Morgan fingerprint density at radius 3 is 2.45 bits per heavy atom. The summed E-state index contributed by atoms with van der Waals surface area (Å²) in [5, 5.41) is 3.51. The molecular formula is C16H29ClN2O. The summed E-state index contributed by atoms with van der Waals surface area (Å²) >= 11 is 0. The fraction of sp³-hybridized carbons (Fsp3) is 0.938. The zero-order valence-corrected chi connectivity index (χ0v) is 13.3. The van der Waals surface area contributed by atoms with E-state index in [1.54, 1.807) is 0 Å². The number of hydrogen-bond donors (Lipinski definition) is 1. The van der Waals surface area contributed by atoms with E-state index in [1.807, 2.05) is 0 Å². The van der Waals surface area contributed by atoms with Crippen molar-refractivity contribution in [2.24, 2.45) is 11.3 Å². The molecule has 0 aromatic heterocycles. The van der Waals surface area contributed by atoms with Crippen LogP contribution in [-0.2, 0) is 4.79 Å². The summed E-state index contributed by atoms with van der Waals surface area (Å²) < 4.78 is 0. The smallest absolute Gasteiger partial charge is 0.230 e. The number of amides is 1. The first-order chi connectivity index (χ1) is 9.33. The Kier molecular flexibility index (Phi) is 5.74. The van der Waals surface area contributed by atoms with Gasteiger partial charge in [-0.3, -0.25) is 4.79 Å². The Labute approximate surface area is 129 Å². The van der Waals surface area contributed by atoms with Crippen molar-refractivity contribution in [2.75, 3.05) is 26.2 Å². The summed E-state index contributed by atoms with van der Waals surface area (Å²) in [6.07, 6.45) is 11.3. The molecule has 2 atom stereocenters. The van der Waals surface area contributed by atoms with Gasteiger partial charge in [-0.15, -0.1) is 12.4 Å². The van der Waals surface area contributed by atoms with Crippen LogP contribution in [0.3, 0.4) is 0 Å². The molecule has 4 heteroatoms. The van der Waals surface area contributed by atoms with E-state index in [-0.39, 0.29) is 17.8 Å². The Bertz CT molecular complexity index is 328. The zero-order chi connectivity index (χ0) is 13.1. The van der Waals surface area contributed by atoms with Gasteiger partial charge in [0, 0.05) is 19.6 Å². The molecule has 0 spiro atoms. The number of carbonyl (C=O) groups excluding carboxylic acids is 1. The quantitative estimate of drug-likeness (QED) is 0.807. The third kappa shape index (κ3) is 2.99. The molecule has 1 N–H and O–H groups in total. The molecule has 0 radical (unpaired) electrons. The van der Waals surface area contributed by atoms with Gasteiger partial charge in [0.1, 0.15) is 0 Å². The molecule has 3 rings (SSSR count). The lowest BCUT2D eigenvalue weighted by Crippen LogP contribution is -2.50. The first kappa shape index (κ1) is 16.1. The highest BCUT2D eigenvalue weighted by molar-refractivity contribution is 5.85. The lowest BCUT2D eigenvalue weighted by atomic mass is 9.67. The number of nitrogens with zero attached hydrogens (tertiary/aromatic N) is 1. The highest BCUT2D eigenvalue weighted by atomic mass is 35.5. The maximum Gasteiger partial charge on any atom is 0.230 e. The number of nitrogens with one attached hydrogen (secondary N) is 1. The minimum atomic E-state index is -0.0303. The Morgan fingerprint density at radius 2 is 1.70 bits per heavy atom. The van der Waals surface area contributed by atoms with Crippen LogP contribution in [0.4, 0.5) is 0 Å². The molecule has 0 unspecified atom stereocenters. The third-order valence-electron chi connectivity index (χ3n) is 5.61. The van der Waals surface area contributed by atoms with Gasteiger partial charge in [-0.2, -0.15) is 0 Å². The molecule has 1 amide bonds. The standard InChI is InChI=1S/C16H28N2O.ClH/c19-15(18-10-6-2-1-3-7-11-18)16-9-5-4-8-14(16)12-17-13-16;/h14,17H,1-13H2;1H/t14-,16+;/m0./s1. The van der Waals surface area contributed by atoms with Crippen LogP contribution in [0, 0.1) is 11.3 Å². The van der Waals surface area contributed by atoms with Gasteiger partial charge in [-0.05, 0) is 38.1 Å². The maximum atomic E-state index is 13.1. The summed E-state index contributed by atoms with van der Waals surface area (Å²) in [6.45, 7) is 4.02. The van der Waals surface area contributed by atoms with Gasteiger partial charge >= 0.3 is 0 Å². The van der Waals surface area contributed by atoms with Gasteiger partial charge in [0.2, 0.25) is 5.91 Å². The topological polar surface area (TPSA) is 32.3 Å². The first-order valence-corrected chi connectivity index (χ1v) is 8.33. The first-order valence-electron chi connectivity index (χ1n) is 8.33. The van der Waals surface area contributed by atoms with E-state index < -0.39 is 0 Å². The zero-order valence-electron chi connectivity index (χ0n) is 12.5. The van der Waals surface area contributed by atoms with Gasteiger partial charge in [0.25, 0.3) is 0 Å². The lowest BCUT2D eigenvalue weighted by Gasteiger charge is -2.41. The van der Waals surface area contributed by atoms with E-state index >= 15 is 0 Å². The predicted octanol–water partition coefficient (Wildman–Crippen LogP) is 2.98. The van der Waals surface area contributed by atoms with Crippen LogP contribution in [0.15, 0.2) is 0 Å². The van der Waals surface area contributed by atoms with Gasteiger partial charge in [0.15, 0.2) is 0 Å². The minimum Gasteiger partial charge on any atom is -0.342 e. The molecule has 2 heterocycles. The van der Waals surface area contributed by atoms with Crippen LogP contribution < -0.4 is 5.32 Å². The number of rotatable bonds is 1. The maximum absolute atomic E-state index is 13.1. The summed E-state index contributed by atoms with van der Waals surface area (Å²) in [7, 11) is 0. The average Bonchev–Trinajstić information content (AvgIpc) is 2.82. The van der Waals surface area contributed by atoms with Crippen molar-refractivity contribution in [2.45, 2.75) is 57.8 Å². The molecule has 0 bridgehead atoms. The van der Waals surface area contributed by atoms with Gasteiger partial charge in [-0.1, -0.05) is 32.1 Å². The minimum absolute atomic E-state index is 0. The molecule has 3 aliphatic rings. The summed E-state index contributed by atoms with van der Waals surface area (Å²) in [6, 6.07) is 0. The van der Waals surface area contributed by atoms with Crippen molar-refractivity contribution in [3.8, 4) is 0 Å². The SMILES string of the molecule is Cl.O=C(N1CCCCCCC1)[C@@]12CCCC[C@H]1CNC2. The van der Waals surface area contributed by atoms with Crippen molar-refractivity contribution in [1.29, 1.82) is 0 Å². The monoisotopic (exact) mass is 300 g/mol. The van der Waals surface area contributed by atoms with Gasteiger partial charge in [-0.25, -0.2) is 0 Å². The fourth-order valence-electron chi connectivity index (χ4n) is 4.43. The Hall–Kier alpha value is -0.280. The molecule has 20 heavy (non-hydrogen) atoms. The second-order valence-electron chi connectivity index (χ2n) is 6.79. The number of likely N-dealkylation sites (tertiary alicyclic amines) is 1. The Morgan fingerprint density at radius 1 is 1.00 bits per heavy atom. The van der Waals surface area contributed by atoms with Crippen LogP contribution in [-0.4, -0.2) is 37.0 Å². The van der Waals surface area contributed by atoms with Crippen molar-refractivity contribution in [3.63, 3.8) is 0 Å². The second kappa shape index (κ2) is 7.13. The number of hydrogen-bond acceptors (Lipinski definition) is 2. The molecule has 3 nitrogen and oxygen atoms in total. The molecule has 1 aliphatic carbocycles. The summed E-state index contributed by atoms with van der Waals surface area (Å²) in [4.78, 5) is 15.3. The van der Waals surface area contributed by atoms with E-state index in [0.29, 0.717) is 11.8 Å². The number of halogens is 1. The van der Waals surface area contributed by atoms with Gasteiger partial charge in [0.05, 0.1) is 5.41 Å². The van der Waals surface area contributed by atoms with Gasteiger partial charge < -0.3 is 10.2 Å². The molecule has 1 saturated carbocycles. The molecule has 2 aliphatic heterocycles. The molecular weight excluding hydrogens is 272 g/mol. The normalized spacial score (nSPS) is 34.6. The highest BCUT2D eigenvalue weighted by Crippen LogP contribution is 2.45. The highest BCUT2D eigenvalue weighted by Gasteiger charge is 2.51. The van der Waals surface area contributed by atoms with Crippen LogP contribution >= 0.6 is 12.4 Å². The van der Waals surface area contributed by atoms with E-state index in [4.69, 9.17) is 0 Å². The molecule has 116 valence electrons. The van der Waals surface area contributed by atoms with Crippen LogP contribution in [0.1, 0.15) is 57.8 Å². The van der Waals surface area contributed by atoms with Crippen LogP contribution in [0.25, 0.3) is 0 Å².